The Kier molecular flexibility index (Phi) is 5.11. The summed E-state index contributed by atoms with van der Waals surface area (Å²) in [5.41, 5.74) is 5.24. The molecule has 1 aromatic heterocycles. The largest absolute Gasteiger partial charge is 0.493 e. The predicted molar refractivity (Wildman–Crippen MR) is 111 cm³/mol. The predicted octanol–water partition coefficient (Wildman–Crippen LogP) is 5.93. The smallest absolute Gasteiger partial charge is 0.141 e. The van der Waals surface area contributed by atoms with Crippen LogP contribution in [0.4, 0.5) is 4.39 Å². The zero-order chi connectivity index (χ0) is 19.5. The molecule has 0 atom stereocenters. The molecule has 0 radical (unpaired) electrons. The molecule has 28 heavy (non-hydrogen) atoms. The maximum Gasteiger partial charge on any atom is 0.141 e. The van der Waals surface area contributed by atoms with Crippen molar-refractivity contribution in [2.45, 2.75) is 26.8 Å². The molecule has 0 N–H and O–H groups in total. The van der Waals surface area contributed by atoms with Crippen LogP contribution in [0.1, 0.15) is 17.5 Å². The van der Waals surface area contributed by atoms with E-state index in [1.165, 1.54) is 12.1 Å². The van der Waals surface area contributed by atoms with E-state index in [4.69, 9.17) is 9.72 Å². The average molecular weight is 374 g/mol. The molecule has 0 bridgehead atoms. The fourth-order valence-electron chi connectivity index (χ4n) is 3.54. The zero-order valence-electron chi connectivity index (χ0n) is 16.2. The fourth-order valence-corrected chi connectivity index (χ4v) is 3.54. The lowest BCUT2D eigenvalue weighted by molar-refractivity contribution is 0.299. The number of para-hydroxylation sites is 3. The van der Waals surface area contributed by atoms with E-state index in [0.29, 0.717) is 6.61 Å². The molecule has 0 saturated heterocycles. The number of aromatic nitrogens is 2. The topological polar surface area (TPSA) is 27.1 Å². The number of rotatable bonds is 6. The Morgan fingerprint density at radius 3 is 2.36 bits per heavy atom. The van der Waals surface area contributed by atoms with Crippen molar-refractivity contribution in [3.63, 3.8) is 0 Å². The molecule has 0 aliphatic carbocycles. The number of aryl methyl sites for hydroxylation is 3. The van der Waals surface area contributed by atoms with E-state index < -0.39 is 0 Å². The van der Waals surface area contributed by atoms with E-state index in [9.17, 15) is 4.39 Å². The van der Waals surface area contributed by atoms with Crippen LogP contribution in [0.2, 0.25) is 0 Å². The number of benzene rings is 3. The van der Waals surface area contributed by atoms with Crippen molar-refractivity contribution < 1.29 is 9.13 Å². The van der Waals surface area contributed by atoms with Crippen LogP contribution in [0.5, 0.6) is 5.75 Å². The van der Waals surface area contributed by atoms with Crippen molar-refractivity contribution in [2.24, 2.45) is 0 Å². The fraction of sp³-hybridized carbons (Fsp3) is 0.208. The molecular formula is C24H23FN2O. The first kappa shape index (κ1) is 18.2. The molecule has 4 rings (SSSR count). The highest BCUT2D eigenvalue weighted by molar-refractivity contribution is 5.80. The maximum absolute atomic E-state index is 13.3. The molecular weight excluding hydrogens is 351 g/mol. The van der Waals surface area contributed by atoms with E-state index in [2.05, 4.69) is 36.6 Å². The molecule has 4 aromatic rings. The SMILES string of the molecule is Cc1cccc(C)c1OCCCn1c(-c2ccc(F)cc2)nc2ccccc21. The van der Waals surface area contributed by atoms with Crippen molar-refractivity contribution in [2.75, 3.05) is 6.61 Å². The highest BCUT2D eigenvalue weighted by Crippen LogP contribution is 2.26. The lowest BCUT2D eigenvalue weighted by Crippen LogP contribution is -2.07. The molecule has 4 heteroatoms. The zero-order valence-corrected chi connectivity index (χ0v) is 16.2. The van der Waals surface area contributed by atoms with E-state index in [-0.39, 0.29) is 5.82 Å². The van der Waals surface area contributed by atoms with Gasteiger partial charge in [-0.15, -0.1) is 0 Å². The Bertz CT molecular complexity index is 1080. The standard InChI is InChI=1S/C24H23FN2O/c1-17-7-5-8-18(2)23(17)28-16-6-15-27-22-10-4-3-9-21(22)26-24(27)19-11-13-20(25)14-12-19/h3-5,7-14H,6,15-16H2,1-2H3. The number of halogens is 1. The molecule has 1 heterocycles. The summed E-state index contributed by atoms with van der Waals surface area (Å²) in [7, 11) is 0. The first-order chi connectivity index (χ1) is 13.6. The molecule has 0 amide bonds. The first-order valence-corrected chi connectivity index (χ1v) is 9.54. The van der Waals surface area contributed by atoms with E-state index in [0.717, 1.165) is 52.3 Å². The number of fused-ring (bicyclic) bond motifs is 1. The second-order valence-corrected chi connectivity index (χ2v) is 7.01. The Hall–Kier alpha value is -3.14. The second-order valence-electron chi connectivity index (χ2n) is 7.01. The van der Waals surface area contributed by atoms with Crippen LogP contribution in [-0.2, 0) is 6.54 Å². The molecule has 142 valence electrons. The van der Waals surface area contributed by atoms with Crippen LogP contribution < -0.4 is 4.74 Å². The highest BCUT2D eigenvalue weighted by Gasteiger charge is 2.12. The minimum Gasteiger partial charge on any atom is -0.493 e. The van der Waals surface area contributed by atoms with Crippen molar-refractivity contribution in [3.05, 3.63) is 83.7 Å². The van der Waals surface area contributed by atoms with E-state index in [1.807, 2.05) is 24.3 Å². The third-order valence-electron chi connectivity index (χ3n) is 4.94. The van der Waals surface area contributed by atoms with Gasteiger partial charge >= 0.3 is 0 Å². The van der Waals surface area contributed by atoms with Crippen LogP contribution in [0.3, 0.4) is 0 Å². The highest BCUT2D eigenvalue weighted by atomic mass is 19.1. The van der Waals surface area contributed by atoms with Crippen LogP contribution in [0.25, 0.3) is 22.4 Å². The number of hydrogen-bond donors (Lipinski definition) is 0. The summed E-state index contributed by atoms with van der Waals surface area (Å²) < 4.78 is 21.6. The van der Waals surface area contributed by atoms with Crippen LogP contribution >= 0.6 is 0 Å². The quantitative estimate of drug-likeness (QED) is 0.391. The lowest BCUT2D eigenvalue weighted by atomic mass is 10.1. The summed E-state index contributed by atoms with van der Waals surface area (Å²) in [5, 5.41) is 0. The van der Waals surface area contributed by atoms with Gasteiger partial charge in [0.25, 0.3) is 0 Å². The molecule has 0 unspecified atom stereocenters. The second kappa shape index (κ2) is 7.85. The third kappa shape index (κ3) is 3.63. The molecule has 0 saturated carbocycles. The summed E-state index contributed by atoms with van der Waals surface area (Å²) in [4.78, 5) is 4.78. The Labute approximate surface area is 164 Å². The molecule has 3 aromatic carbocycles. The van der Waals surface area contributed by atoms with Gasteiger partial charge in [0, 0.05) is 12.1 Å². The van der Waals surface area contributed by atoms with E-state index >= 15 is 0 Å². The van der Waals surface area contributed by atoms with Gasteiger partial charge in [-0.05, 0) is 67.8 Å². The van der Waals surface area contributed by atoms with Crippen LogP contribution in [0, 0.1) is 19.7 Å². The van der Waals surface area contributed by atoms with E-state index in [1.54, 1.807) is 12.1 Å². The Morgan fingerprint density at radius 2 is 1.61 bits per heavy atom. The van der Waals surface area contributed by atoms with Gasteiger partial charge in [0.15, 0.2) is 0 Å². The number of nitrogens with zero attached hydrogens (tertiary/aromatic N) is 2. The van der Waals surface area contributed by atoms with Crippen molar-refractivity contribution >= 4 is 11.0 Å². The minimum atomic E-state index is -0.242. The van der Waals surface area contributed by atoms with Crippen molar-refractivity contribution in [3.8, 4) is 17.1 Å². The van der Waals surface area contributed by atoms with Crippen molar-refractivity contribution in [1.29, 1.82) is 0 Å². The van der Waals surface area contributed by atoms with Gasteiger partial charge in [0.1, 0.15) is 17.4 Å². The number of ether oxygens (including phenoxy) is 1. The van der Waals surface area contributed by atoms with Gasteiger partial charge in [-0.1, -0.05) is 30.3 Å². The van der Waals surface area contributed by atoms with Gasteiger partial charge in [0.2, 0.25) is 0 Å². The molecule has 0 fully saturated rings. The molecule has 3 nitrogen and oxygen atoms in total. The molecule has 0 aliphatic rings. The summed E-state index contributed by atoms with van der Waals surface area (Å²) in [6.45, 7) is 5.54. The summed E-state index contributed by atoms with van der Waals surface area (Å²) >= 11 is 0. The van der Waals surface area contributed by atoms with Crippen LogP contribution in [0.15, 0.2) is 66.7 Å². The van der Waals surface area contributed by atoms with Gasteiger partial charge in [-0.2, -0.15) is 0 Å². The summed E-state index contributed by atoms with van der Waals surface area (Å²) in [5.74, 6) is 1.58. The molecule has 0 aliphatic heterocycles. The number of hydrogen-bond acceptors (Lipinski definition) is 2. The minimum absolute atomic E-state index is 0.242. The van der Waals surface area contributed by atoms with Crippen LogP contribution in [-0.4, -0.2) is 16.2 Å². The first-order valence-electron chi connectivity index (χ1n) is 9.54. The van der Waals surface area contributed by atoms with Crippen molar-refractivity contribution in [1.82, 2.24) is 9.55 Å². The number of imidazole rings is 1. The summed E-state index contributed by atoms with van der Waals surface area (Å²) in [6.07, 6.45) is 0.850. The lowest BCUT2D eigenvalue weighted by Gasteiger charge is -2.13. The Morgan fingerprint density at radius 1 is 0.893 bits per heavy atom. The Balaban J connectivity index is 1.56. The van der Waals surface area contributed by atoms with Gasteiger partial charge in [0.05, 0.1) is 17.6 Å². The average Bonchev–Trinajstić information content (AvgIpc) is 3.06. The van der Waals surface area contributed by atoms with Gasteiger partial charge in [-0.3, -0.25) is 0 Å². The van der Waals surface area contributed by atoms with Gasteiger partial charge in [-0.25, -0.2) is 9.37 Å². The third-order valence-corrected chi connectivity index (χ3v) is 4.94. The normalized spacial score (nSPS) is 11.1. The summed E-state index contributed by atoms with van der Waals surface area (Å²) in [6, 6.07) is 20.8. The molecule has 0 spiro atoms. The van der Waals surface area contributed by atoms with Gasteiger partial charge < -0.3 is 9.30 Å². The maximum atomic E-state index is 13.3. The monoisotopic (exact) mass is 374 g/mol.